The lowest BCUT2D eigenvalue weighted by Crippen LogP contribution is -2.16. The Hall–Kier alpha value is -3.47. The van der Waals surface area contributed by atoms with Crippen molar-refractivity contribution in [2.45, 2.75) is 11.8 Å². The molecule has 2 aromatic carbocycles. The average molecular weight is 422 g/mol. The number of anilines is 2. The summed E-state index contributed by atoms with van der Waals surface area (Å²) in [6.45, 7) is 1.67. The second-order valence-corrected chi connectivity index (χ2v) is 7.51. The molecule has 1 aromatic heterocycles. The molecule has 2 N–H and O–H groups in total. The first-order valence-corrected chi connectivity index (χ1v) is 9.53. The molecule has 0 saturated carbocycles. The van der Waals surface area contributed by atoms with E-state index in [1.165, 1.54) is 30.5 Å². The first kappa shape index (κ1) is 20.3. The summed E-state index contributed by atoms with van der Waals surface area (Å²) in [5.74, 6) is -5.93. The zero-order chi connectivity index (χ0) is 21.2. The predicted octanol–water partition coefficient (Wildman–Crippen LogP) is 3.26. The van der Waals surface area contributed by atoms with Crippen LogP contribution in [-0.4, -0.2) is 24.3 Å². The number of aromatic nitrogens is 2. The molecule has 3 rings (SSSR count). The molecule has 0 aliphatic rings. The third-order valence-corrected chi connectivity index (χ3v) is 5.07. The summed E-state index contributed by atoms with van der Waals surface area (Å²) in [5, 5.41) is 2.27. The smallest absolute Gasteiger partial charge is 0.264 e. The molecule has 0 spiro atoms. The normalized spacial score (nSPS) is 11.2. The summed E-state index contributed by atoms with van der Waals surface area (Å²) in [6.07, 6.45) is 1.40. The first-order chi connectivity index (χ1) is 13.7. The number of rotatable bonds is 5. The number of aryl methyl sites for hydroxylation is 1. The number of carbonyl (C=O) groups excluding carboxylic acids is 1. The molecule has 0 aliphatic heterocycles. The number of halogens is 3. The van der Waals surface area contributed by atoms with Gasteiger partial charge >= 0.3 is 0 Å². The van der Waals surface area contributed by atoms with E-state index in [2.05, 4.69) is 20.0 Å². The van der Waals surface area contributed by atoms with E-state index >= 15 is 0 Å². The Morgan fingerprint density at radius 1 is 0.966 bits per heavy atom. The summed E-state index contributed by atoms with van der Waals surface area (Å²) in [6, 6.07) is 7.91. The van der Waals surface area contributed by atoms with Gasteiger partial charge in [-0.05, 0) is 49.4 Å². The largest absolute Gasteiger partial charge is 0.322 e. The van der Waals surface area contributed by atoms with Gasteiger partial charge in [0.1, 0.15) is 0 Å². The molecule has 0 unspecified atom stereocenters. The van der Waals surface area contributed by atoms with E-state index in [4.69, 9.17) is 0 Å². The van der Waals surface area contributed by atoms with Gasteiger partial charge in [-0.1, -0.05) is 0 Å². The van der Waals surface area contributed by atoms with Crippen LogP contribution in [0.4, 0.5) is 24.8 Å². The molecule has 150 valence electrons. The summed E-state index contributed by atoms with van der Waals surface area (Å²) < 4.78 is 66.9. The Morgan fingerprint density at radius 2 is 1.66 bits per heavy atom. The van der Waals surface area contributed by atoms with E-state index in [0.717, 1.165) is 6.07 Å². The molecule has 0 saturated heterocycles. The second-order valence-electron chi connectivity index (χ2n) is 5.83. The third-order valence-electron chi connectivity index (χ3n) is 3.72. The maximum atomic E-state index is 13.7. The number of carbonyl (C=O) groups is 1. The zero-order valence-corrected chi connectivity index (χ0v) is 15.6. The minimum atomic E-state index is -3.98. The monoisotopic (exact) mass is 422 g/mol. The molecule has 0 fully saturated rings. The fourth-order valence-electron chi connectivity index (χ4n) is 2.29. The fraction of sp³-hybridized carbons (Fsp3) is 0.0556. The maximum absolute atomic E-state index is 13.7. The Bertz CT molecular complexity index is 1190. The van der Waals surface area contributed by atoms with E-state index in [0.29, 0.717) is 11.8 Å². The van der Waals surface area contributed by atoms with Crippen LogP contribution in [0.2, 0.25) is 0 Å². The number of hydrogen-bond donors (Lipinski definition) is 2. The van der Waals surface area contributed by atoms with Crippen molar-refractivity contribution < 1.29 is 26.4 Å². The number of amides is 1. The highest BCUT2D eigenvalue weighted by molar-refractivity contribution is 7.92. The van der Waals surface area contributed by atoms with Gasteiger partial charge in [-0.3, -0.25) is 4.79 Å². The van der Waals surface area contributed by atoms with Crippen molar-refractivity contribution in [3.8, 4) is 0 Å². The van der Waals surface area contributed by atoms with Gasteiger partial charge in [0.15, 0.2) is 17.5 Å². The van der Waals surface area contributed by atoms with Crippen LogP contribution in [0.1, 0.15) is 16.1 Å². The standard InChI is InChI=1S/C18H13F3N4O3S/c1-10-8-9-22-18(23-10)25-29(27,28)12-4-2-11(3-5-12)24-17(26)13-6-7-14(19)16(21)15(13)20/h2-9H,1H3,(H,24,26)(H,22,23,25). The van der Waals surface area contributed by atoms with Crippen LogP contribution in [0.5, 0.6) is 0 Å². The predicted molar refractivity (Wildman–Crippen MR) is 98.3 cm³/mol. The third kappa shape index (κ3) is 4.51. The van der Waals surface area contributed by atoms with E-state index < -0.39 is 38.9 Å². The van der Waals surface area contributed by atoms with Crippen molar-refractivity contribution in [2.24, 2.45) is 0 Å². The Labute approximate surface area is 163 Å². The lowest BCUT2D eigenvalue weighted by Gasteiger charge is -2.09. The van der Waals surface area contributed by atoms with Crippen LogP contribution in [0.25, 0.3) is 0 Å². The van der Waals surface area contributed by atoms with Crippen LogP contribution in [0, 0.1) is 24.4 Å². The fourth-order valence-corrected chi connectivity index (χ4v) is 3.25. The van der Waals surface area contributed by atoms with Crippen LogP contribution in [0.15, 0.2) is 53.6 Å². The number of sulfonamides is 1. The van der Waals surface area contributed by atoms with Crippen LogP contribution in [0.3, 0.4) is 0 Å². The molecule has 7 nitrogen and oxygen atoms in total. The molecular formula is C18H13F3N4O3S. The minimum Gasteiger partial charge on any atom is -0.322 e. The molecule has 1 heterocycles. The maximum Gasteiger partial charge on any atom is 0.264 e. The lowest BCUT2D eigenvalue weighted by atomic mass is 10.1. The van der Waals surface area contributed by atoms with Gasteiger partial charge in [0.05, 0.1) is 10.5 Å². The van der Waals surface area contributed by atoms with Crippen LogP contribution >= 0.6 is 0 Å². The van der Waals surface area contributed by atoms with E-state index in [1.807, 2.05) is 0 Å². The molecule has 0 radical (unpaired) electrons. The number of hydrogen-bond acceptors (Lipinski definition) is 5. The van der Waals surface area contributed by atoms with Crippen molar-refractivity contribution >= 4 is 27.6 Å². The van der Waals surface area contributed by atoms with Crippen LogP contribution < -0.4 is 10.0 Å². The van der Waals surface area contributed by atoms with Gasteiger partial charge in [-0.2, -0.15) is 0 Å². The van der Waals surface area contributed by atoms with Gasteiger partial charge in [0, 0.05) is 17.6 Å². The summed E-state index contributed by atoms with van der Waals surface area (Å²) >= 11 is 0. The van der Waals surface area contributed by atoms with Crippen molar-refractivity contribution in [2.75, 3.05) is 10.0 Å². The van der Waals surface area contributed by atoms with E-state index in [9.17, 15) is 26.4 Å². The van der Waals surface area contributed by atoms with Gasteiger partial charge in [0.2, 0.25) is 5.95 Å². The van der Waals surface area contributed by atoms with Crippen molar-refractivity contribution in [3.63, 3.8) is 0 Å². The first-order valence-electron chi connectivity index (χ1n) is 8.05. The molecule has 1 amide bonds. The number of nitrogens with zero attached hydrogens (tertiary/aromatic N) is 2. The van der Waals surface area contributed by atoms with Gasteiger partial charge in [-0.15, -0.1) is 0 Å². The highest BCUT2D eigenvalue weighted by Crippen LogP contribution is 2.19. The quantitative estimate of drug-likeness (QED) is 0.615. The second kappa shape index (κ2) is 7.87. The number of benzene rings is 2. The SMILES string of the molecule is Cc1ccnc(NS(=O)(=O)c2ccc(NC(=O)c3ccc(F)c(F)c3F)cc2)n1. The Kier molecular flexibility index (Phi) is 5.50. The highest BCUT2D eigenvalue weighted by Gasteiger charge is 2.20. The van der Waals surface area contributed by atoms with E-state index in [-0.39, 0.29) is 16.5 Å². The number of nitrogens with one attached hydrogen (secondary N) is 2. The van der Waals surface area contributed by atoms with Gasteiger partial charge in [-0.25, -0.2) is 36.3 Å². The van der Waals surface area contributed by atoms with E-state index in [1.54, 1.807) is 13.0 Å². The summed E-state index contributed by atoms with van der Waals surface area (Å²) in [5.41, 5.74) is -0.0102. The molecule has 3 aromatic rings. The zero-order valence-electron chi connectivity index (χ0n) is 14.8. The van der Waals surface area contributed by atoms with Crippen molar-refractivity contribution in [1.82, 2.24) is 9.97 Å². The molecule has 29 heavy (non-hydrogen) atoms. The Balaban J connectivity index is 1.76. The topological polar surface area (TPSA) is 101 Å². The highest BCUT2D eigenvalue weighted by atomic mass is 32.2. The molecule has 0 bridgehead atoms. The van der Waals surface area contributed by atoms with Gasteiger partial charge in [0.25, 0.3) is 15.9 Å². The molecule has 11 heteroatoms. The Morgan fingerprint density at radius 3 is 2.31 bits per heavy atom. The molecular weight excluding hydrogens is 409 g/mol. The minimum absolute atomic E-state index is 0.101. The lowest BCUT2D eigenvalue weighted by molar-refractivity contribution is 0.102. The van der Waals surface area contributed by atoms with Crippen LogP contribution in [-0.2, 0) is 10.0 Å². The summed E-state index contributed by atoms with van der Waals surface area (Å²) in [7, 11) is -3.98. The molecule has 0 aliphatic carbocycles. The van der Waals surface area contributed by atoms with Crippen molar-refractivity contribution in [1.29, 1.82) is 0 Å². The average Bonchev–Trinajstić information content (AvgIpc) is 2.66. The van der Waals surface area contributed by atoms with Gasteiger partial charge < -0.3 is 5.32 Å². The summed E-state index contributed by atoms with van der Waals surface area (Å²) in [4.78, 5) is 19.7. The molecule has 0 atom stereocenters. The van der Waals surface area contributed by atoms with Crippen molar-refractivity contribution in [3.05, 3.63) is 77.4 Å².